The molecule has 0 spiro atoms. The molecule has 1 fully saturated rings. The highest BCUT2D eigenvalue weighted by molar-refractivity contribution is 7.22. The zero-order valence-corrected chi connectivity index (χ0v) is 19.0. The van der Waals surface area contributed by atoms with Gasteiger partial charge in [0.15, 0.2) is 10.8 Å². The van der Waals surface area contributed by atoms with Crippen molar-refractivity contribution in [2.45, 2.75) is 33.2 Å². The Balaban J connectivity index is 1.60. The van der Waals surface area contributed by atoms with Crippen LogP contribution in [0.25, 0.3) is 10.2 Å². The second-order valence-corrected chi connectivity index (χ2v) is 9.07. The summed E-state index contributed by atoms with van der Waals surface area (Å²) in [6.45, 7) is 10.7. The molecule has 9 heteroatoms. The van der Waals surface area contributed by atoms with E-state index in [0.717, 1.165) is 49.7 Å². The van der Waals surface area contributed by atoms with Crippen LogP contribution >= 0.6 is 11.3 Å². The summed E-state index contributed by atoms with van der Waals surface area (Å²) in [6, 6.07) is 6.86. The molecule has 166 valence electrons. The van der Waals surface area contributed by atoms with Crippen LogP contribution in [0.15, 0.2) is 24.3 Å². The minimum Gasteiger partial charge on any atom is -0.379 e. The second-order valence-electron chi connectivity index (χ2n) is 8.06. The summed E-state index contributed by atoms with van der Waals surface area (Å²) in [5, 5.41) is 5.03. The summed E-state index contributed by atoms with van der Waals surface area (Å²) in [5.74, 6) is -0.579. The number of carbonyl (C=O) groups is 1. The normalized spacial score (nSPS) is 15.1. The van der Waals surface area contributed by atoms with Crippen LogP contribution in [0.4, 0.5) is 9.52 Å². The van der Waals surface area contributed by atoms with E-state index in [1.807, 2.05) is 37.6 Å². The molecule has 4 rings (SSSR count). The third-order valence-corrected chi connectivity index (χ3v) is 6.47. The van der Waals surface area contributed by atoms with E-state index in [1.54, 1.807) is 11.0 Å². The number of amides is 1. The lowest BCUT2D eigenvalue weighted by Crippen LogP contribution is -2.39. The molecule has 0 radical (unpaired) electrons. The molecule has 0 atom stereocenters. The first kappa shape index (κ1) is 21.9. The van der Waals surface area contributed by atoms with Gasteiger partial charge in [-0.1, -0.05) is 17.4 Å². The van der Waals surface area contributed by atoms with E-state index in [2.05, 4.69) is 15.0 Å². The average Bonchev–Trinajstić information content (AvgIpc) is 3.36. The molecule has 1 aliphatic rings. The summed E-state index contributed by atoms with van der Waals surface area (Å²) in [6.07, 6.45) is 0.786. The first-order chi connectivity index (χ1) is 14.9. The Hall–Kier alpha value is -2.36. The average molecular weight is 446 g/mol. The van der Waals surface area contributed by atoms with Gasteiger partial charge in [0.25, 0.3) is 5.91 Å². The molecule has 1 amide bonds. The monoisotopic (exact) mass is 445 g/mol. The highest BCUT2D eigenvalue weighted by Gasteiger charge is 2.25. The van der Waals surface area contributed by atoms with Crippen molar-refractivity contribution >= 4 is 32.6 Å². The van der Waals surface area contributed by atoms with Gasteiger partial charge in [-0.3, -0.25) is 19.3 Å². The number of carbonyl (C=O) groups excluding carboxylic acids is 1. The molecule has 0 bridgehead atoms. The Labute approximate surface area is 185 Å². The number of rotatable bonds is 7. The van der Waals surface area contributed by atoms with E-state index in [-0.39, 0.29) is 17.8 Å². The van der Waals surface area contributed by atoms with Gasteiger partial charge in [-0.05, 0) is 45.4 Å². The number of hydrogen-bond acceptors (Lipinski definition) is 6. The fourth-order valence-corrected chi connectivity index (χ4v) is 4.84. The van der Waals surface area contributed by atoms with Gasteiger partial charge >= 0.3 is 0 Å². The Bertz CT molecular complexity index is 1060. The SMILES string of the molecule is Cc1cc(C(=O)N(CCCN2CCOCC2)c2nc3c(F)cccc3s2)nn1C(C)C. The number of ether oxygens (including phenoxy) is 1. The number of aromatic nitrogens is 3. The summed E-state index contributed by atoms with van der Waals surface area (Å²) < 4.78 is 22.2. The number of para-hydroxylation sites is 1. The smallest absolute Gasteiger partial charge is 0.280 e. The van der Waals surface area contributed by atoms with Crippen molar-refractivity contribution < 1.29 is 13.9 Å². The minimum atomic E-state index is -0.374. The van der Waals surface area contributed by atoms with E-state index < -0.39 is 0 Å². The van der Waals surface area contributed by atoms with E-state index in [9.17, 15) is 9.18 Å². The van der Waals surface area contributed by atoms with Gasteiger partial charge in [0, 0.05) is 37.9 Å². The summed E-state index contributed by atoms with van der Waals surface area (Å²) in [5.41, 5.74) is 1.62. The lowest BCUT2D eigenvalue weighted by molar-refractivity contribution is 0.0376. The van der Waals surface area contributed by atoms with E-state index in [0.29, 0.717) is 22.9 Å². The number of morpholine rings is 1. The number of aryl methyl sites for hydroxylation is 1. The summed E-state index contributed by atoms with van der Waals surface area (Å²) in [7, 11) is 0. The third kappa shape index (κ3) is 4.78. The van der Waals surface area contributed by atoms with Crippen molar-refractivity contribution in [3.8, 4) is 0 Å². The lowest BCUT2D eigenvalue weighted by Gasteiger charge is -2.27. The molecule has 1 aromatic carbocycles. The van der Waals surface area contributed by atoms with Crippen LogP contribution in [0, 0.1) is 12.7 Å². The number of anilines is 1. The molecule has 1 saturated heterocycles. The Morgan fingerprint density at radius 2 is 2.10 bits per heavy atom. The molecule has 0 aliphatic carbocycles. The second kappa shape index (κ2) is 9.42. The predicted molar refractivity (Wildman–Crippen MR) is 120 cm³/mol. The largest absolute Gasteiger partial charge is 0.379 e. The van der Waals surface area contributed by atoms with Crippen LogP contribution in [0.1, 0.15) is 42.5 Å². The molecule has 3 aromatic rings. The van der Waals surface area contributed by atoms with Crippen molar-refractivity contribution in [2.75, 3.05) is 44.3 Å². The number of fused-ring (bicyclic) bond motifs is 1. The Morgan fingerprint density at radius 1 is 1.32 bits per heavy atom. The maximum atomic E-state index is 14.2. The zero-order chi connectivity index (χ0) is 22.0. The van der Waals surface area contributed by atoms with Crippen molar-refractivity contribution in [2.24, 2.45) is 0 Å². The van der Waals surface area contributed by atoms with Crippen LogP contribution in [-0.4, -0.2) is 65.0 Å². The van der Waals surface area contributed by atoms with Crippen LogP contribution < -0.4 is 4.90 Å². The van der Waals surface area contributed by atoms with Crippen LogP contribution in [-0.2, 0) is 4.74 Å². The molecular formula is C22H28FN5O2S. The molecule has 1 aliphatic heterocycles. The molecule has 2 aromatic heterocycles. The third-order valence-electron chi connectivity index (χ3n) is 5.42. The maximum Gasteiger partial charge on any atom is 0.280 e. The molecule has 0 N–H and O–H groups in total. The standard InChI is InChI=1S/C22H28FN5O2S/c1-15(2)28-16(3)14-18(25-28)21(29)27(9-5-8-26-10-12-30-13-11-26)22-24-20-17(23)6-4-7-19(20)31-22/h4,6-7,14-15H,5,8-13H2,1-3H3. The van der Waals surface area contributed by atoms with Crippen LogP contribution in [0.3, 0.4) is 0 Å². The molecular weight excluding hydrogens is 417 g/mol. The van der Waals surface area contributed by atoms with Crippen LogP contribution in [0.2, 0.25) is 0 Å². The van der Waals surface area contributed by atoms with Gasteiger partial charge < -0.3 is 4.74 Å². The maximum absolute atomic E-state index is 14.2. The van der Waals surface area contributed by atoms with Crippen molar-refractivity contribution in [3.05, 3.63) is 41.5 Å². The first-order valence-electron chi connectivity index (χ1n) is 10.7. The number of halogens is 1. The first-order valence-corrected chi connectivity index (χ1v) is 11.5. The molecule has 0 unspecified atom stereocenters. The molecule has 31 heavy (non-hydrogen) atoms. The summed E-state index contributed by atoms with van der Waals surface area (Å²) >= 11 is 1.33. The quantitative estimate of drug-likeness (QED) is 0.552. The fourth-order valence-electron chi connectivity index (χ4n) is 3.83. The number of benzene rings is 1. The van der Waals surface area contributed by atoms with Crippen LogP contribution in [0.5, 0.6) is 0 Å². The van der Waals surface area contributed by atoms with Crippen molar-refractivity contribution in [1.82, 2.24) is 19.7 Å². The zero-order valence-electron chi connectivity index (χ0n) is 18.2. The van der Waals surface area contributed by atoms with Crippen molar-refractivity contribution in [1.29, 1.82) is 0 Å². The van der Waals surface area contributed by atoms with E-state index in [1.165, 1.54) is 17.4 Å². The fraction of sp³-hybridized carbons (Fsp3) is 0.500. The van der Waals surface area contributed by atoms with Gasteiger partial charge in [-0.2, -0.15) is 5.10 Å². The van der Waals surface area contributed by atoms with Gasteiger partial charge in [-0.15, -0.1) is 0 Å². The Morgan fingerprint density at radius 3 is 2.77 bits per heavy atom. The van der Waals surface area contributed by atoms with Gasteiger partial charge in [0.2, 0.25) is 0 Å². The molecule has 0 saturated carbocycles. The van der Waals surface area contributed by atoms with Gasteiger partial charge in [0.05, 0.1) is 17.9 Å². The highest BCUT2D eigenvalue weighted by Crippen LogP contribution is 2.31. The van der Waals surface area contributed by atoms with E-state index >= 15 is 0 Å². The van der Waals surface area contributed by atoms with Crippen molar-refractivity contribution in [3.63, 3.8) is 0 Å². The highest BCUT2D eigenvalue weighted by atomic mass is 32.1. The molecule has 3 heterocycles. The number of hydrogen-bond donors (Lipinski definition) is 0. The number of nitrogens with zero attached hydrogens (tertiary/aromatic N) is 5. The lowest BCUT2D eigenvalue weighted by atomic mass is 10.3. The topological polar surface area (TPSA) is 63.5 Å². The summed E-state index contributed by atoms with van der Waals surface area (Å²) in [4.78, 5) is 21.9. The van der Waals surface area contributed by atoms with Gasteiger partial charge in [-0.25, -0.2) is 9.37 Å². The van der Waals surface area contributed by atoms with E-state index in [4.69, 9.17) is 4.74 Å². The molecule has 7 nitrogen and oxygen atoms in total. The number of thiazole rings is 1. The predicted octanol–water partition coefficient (Wildman–Crippen LogP) is 3.89. The minimum absolute atomic E-state index is 0.160. The van der Waals surface area contributed by atoms with Gasteiger partial charge in [0.1, 0.15) is 11.3 Å². The Kier molecular flexibility index (Phi) is 6.64.